The van der Waals surface area contributed by atoms with Crippen LogP contribution in [0, 0.1) is 0 Å². The summed E-state index contributed by atoms with van der Waals surface area (Å²) in [5.41, 5.74) is 0. The molecule has 4 N–H and O–H groups in total. The van der Waals surface area contributed by atoms with E-state index in [0.717, 1.165) is 0 Å². The quantitative estimate of drug-likeness (QED) is 0.303. The number of rotatable bonds is 2. The fraction of sp³-hybridized carbons (Fsp3) is 1.00. The molecular weight excluding hydrogens is 98.0 g/mol. The summed E-state index contributed by atoms with van der Waals surface area (Å²) >= 11 is 0. The lowest BCUT2D eigenvalue weighted by Gasteiger charge is -2.09. The van der Waals surface area contributed by atoms with Gasteiger partial charge in [0.05, 0.1) is 0 Å². The Labute approximate surface area is 41.4 Å². The molecule has 7 heavy (non-hydrogen) atoms. The van der Waals surface area contributed by atoms with Crippen molar-refractivity contribution < 1.29 is 15.3 Å². The predicted octanol–water partition coefficient (Wildman–Crippen LogP) is -2.17. The average Bonchev–Trinajstić information content (AvgIpc) is 1.65. The molecule has 0 spiro atoms. The molecule has 0 aromatic rings. The van der Waals surface area contributed by atoms with Crippen LogP contribution in [0.25, 0.3) is 0 Å². The zero-order valence-corrected chi connectivity index (χ0v) is 4.00. The van der Waals surface area contributed by atoms with Gasteiger partial charge in [-0.15, -0.1) is 0 Å². The van der Waals surface area contributed by atoms with E-state index in [4.69, 9.17) is 15.3 Å². The maximum Gasteiger partial charge on any atom is 0.192 e. The van der Waals surface area contributed by atoms with Crippen LogP contribution in [-0.2, 0) is 0 Å². The summed E-state index contributed by atoms with van der Waals surface area (Å²) < 4.78 is 0. The van der Waals surface area contributed by atoms with E-state index in [1.165, 1.54) is 7.05 Å². The van der Waals surface area contributed by atoms with Crippen LogP contribution in [0.15, 0.2) is 0 Å². The Balaban J connectivity index is 3.14. The van der Waals surface area contributed by atoms with E-state index in [-0.39, 0.29) is 0 Å². The first-order chi connectivity index (χ1) is 3.18. The van der Waals surface area contributed by atoms with Gasteiger partial charge in [0.25, 0.3) is 0 Å². The second kappa shape index (κ2) is 2.92. The Morgan fingerprint density at radius 1 is 1.29 bits per heavy atom. The van der Waals surface area contributed by atoms with Gasteiger partial charge in [0.1, 0.15) is 0 Å². The minimum absolute atomic E-state index is 1.24. The second-order valence-electron chi connectivity index (χ2n) is 1.15. The first kappa shape index (κ1) is 6.84. The SMILES string of the molecule is CNC(O)C(O)O. The summed E-state index contributed by atoms with van der Waals surface area (Å²) in [5.74, 6) is 0. The fourth-order valence-electron chi connectivity index (χ4n) is 0.149. The third-order valence-corrected chi connectivity index (χ3v) is 0.578. The molecular formula is C3H9NO3. The van der Waals surface area contributed by atoms with Crippen molar-refractivity contribution in [2.45, 2.75) is 12.5 Å². The molecule has 0 saturated heterocycles. The summed E-state index contributed by atoms with van der Waals surface area (Å²) in [4.78, 5) is 0. The number of aliphatic hydroxyl groups is 3. The third kappa shape index (κ3) is 2.52. The fourth-order valence-corrected chi connectivity index (χ4v) is 0.149. The number of hydrogen-bond donors (Lipinski definition) is 4. The van der Waals surface area contributed by atoms with Gasteiger partial charge in [-0.3, -0.25) is 5.32 Å². The van der Waals surface area contributed by atoms with E-state index < -0.39 is 12.5 Å². The molecule has 0 saturated carbocycles. The van der Waals surface area contributed by atoms with E-state index in [2.05, 4.69) is 5.32 Å². The highest BCUT2D eigenvalue weighted by molar-refractivity contribution is 4.45. The first-order valence-corrected chi connectivity index (χ1v) is 1.90. The van der Waals surface area contributed by atoms with E-state index >= 15 is 0 Å². The van der Waals surface area contributed by atoms with Crippen LogP contribution < -0.4 is 5.32 Å². The third-order valence-electron chi connectivity index (χ3n) is 0.578. The lowest BCUT2D eigenvalue weighted by atomic mass is 10.6. The largest absolute Gasteiger partial charge is 0.373 e. The van der Waals surface area contributed by atoms with Crippen molar-refractivity contribution in [1.29, 1.82) is 0 Å². The van der Waals surface area contributed by atoms with Crippen LogP contribution >= 0.6 is 0 Å². The minimum atomic E-state index is -1.69. The highest BCUT2D eigenvalue weighted by Crippen LogP contribution is 1.78. The zero-order chi connectivity index (χ0) is 5.86. The normalized spacial score (nSPS) is 15.0. The summed E-state index contributed by atoms with van der Waals surface area (Å²) in [5, 5.41) is 26.7. The monoisotopic (exact) mass is 107 g/mol. The van der Waals surface area contributed by atoms with Gasteiger partial charge < -0.3 is 15.3 Å². The second-order valence-corrected chi connectivity index (χ2v) is 1.15. The van der Waals surface area contributed by atoms with E-state index in [1.54, 1.807) is 0 Å². The van der Waals surface area contributed by atoms with Gasteiger partial charge in [-0.1, -0.05) is 0 Å². The molecule has 1 unspecified atom stereocenters. The van der Waals surface area contributed by atoms with Crippen molar-refractivity contribution in [3.63, 3.8) is 0 Å². The highest BCUT2D eigenvalue weighted by Gasteiger charge is 2.06. The molecule has 0 aromatic heterocycles. The molecule has 4 heteroatoms. The van der Waals surface area contributed by atoms with E-state index in [0.29, 0.717) is 0 Å². The molecule has 0 amide bonds. The molecule has 4 nitrogen and oxygen atoms in total. The Bertz CT molecular complexity index is 47.4. The number of likely N-dealkylation sites (N-methyl/N-ethyl adjacent to an activating group) is 1. The van der Waals surface area contributed by atoms with Crippen LogP contribution in [0.2, 0.25) is 0 Å². The van der Waals surface area contributed by atoms with Gasteiger partial charge >= 0.3 is 0 Å². The van der Waals surface area contributed by atoms with Crippen LogP contribution in [0.4, 0.5) is 0 Å². The van der Waals surface area contributed by atoms with Crippen LogP contribution in [-0.4, -0.2) is 34.9 Å². The van der Waals surface area contributed by atoms with Gasteiger partial charge in [0.15, 0.2) is 12.5 Å². The lowest BCUT2D eigenvalue weighted by Crippen LogP contribution is -2.36. The Kier molecular flexibility index (Phi) is 2.86. The van der Waals surface area contributed by atoms with Crippen LogP contribution in [0.1, 0.15) is 0 Å². The lowest BCUT2D eigenvalue weighted by molar-refractivity contribution is -0.130. The molecule has 0 bridgehead atoms. The maximum atomic E-state index is 8.32. The molecule has 0 heterocycles. The number of aliphatic hydroxyl groups excluding tert-OH is 2. The Morgan fingerprint density at radius 3 is 1.71 bits per heavy atom. The molecule has 0 rings (SSSR count). The molecule has 0 radical (unpaired) electrons. The van der Waals surface area contributed by atoms with Crippen molar-refractivity contribution in [1.82, 2.24) is 5.32 Å². The standard InChI is InChI=1S/C3H9NO3/c1-4-2(5)3(6)7/h2-7H,1H3. The molecule has 0 fully saturated rings. The van der Waals surface area contributed by atoms with Crippen molar-refractivity contribution in [2.75, 3.05) is 7.05 Å². The topological polar surface area (TPSA) is 72.7 Å². The zero-order valence-electron chi connectivity index (χ0n) is 4.00. The van der Waals surface area contributed by atoms with E-state index in [1.807, 2.05) is 0 Å². The molecule has 0 aromatic carbocycles. The molecule has 0 aliphatic heterocycles. The molecule has 0 aliphatic carbocycles. The Hall–Kier alpha value is -0.160. The highest BCUT2D eigenvalue weighted by atomic mass is 16.5. The average molecular weight is 107 g/mol. The summed E-state index contributed by atoms with van der Waals surface area (Å²) in [6.07, 6.45) is -2.93. The molecule has 1 atom stereocenters. The number of nitrogens with one attached hydrogen (secondary N) is 1. The minimum Gasteiger partial charge on any atom is -0.373 e. The van der Waals surface area contributed by atoms with Crippen molar-refractivity contribution in [3.05, 3.63) is 0 Å². The van der Waals surface area contributed by atoms with E-state index in [9.17, 15) is 0 Å². The number of hydrogen-bond acceptors (Lipinski definition) is 4. The van der Waals surface area contributed by atoms with Gasteiger partial charge in [-0.25, -0.2) is 0 Å². The van der Waals surface area contributed by atoms with Gasteiger partial charge in [0, 0.05) is 0 Å². The first-order valence-electron chi connectivity index (χ1n) is 1.90. The van der Waals surface area contributed by atoms with Gasteiger partial charge in [-0.2, -0.15) is 0 Å². The Morgan fingerprint density at radius 2 is 1.71 bits per heavy atom. The van der Waals surface area contributed by atoms with Gasteiger partial charge in [0.2, 0.25) is 0 Å². The van der Waals surface area contributed by atoms with Crippen LogP contribution in [0.5, 0.6) is 0 Å². The van der Waals surface area contributed by atoms with Crippen molar-refractivity contribution in [3.8, 4) is 0 Å². The van der Waals surface area contributed by atoms with Gasteiger partial charge in [-0.05, 0) is 7.05 Å². The predicted molar refractivity (Wildman–Crippen MR) is 23.3 cm³/mol. The van der Waals surface area contributed by atoms with Crippen LogP contribution in [0.3, 0.4) is 0 Å². The summed E-state index contributed by atoms with van der Waals surface area (Å²) in [6.45, 7) is 0. The summed E-state index contributed by atoms with van der Waals surface area (Å²) in [6, 6.07) is 0. The summed E-state index contributed by atoms with van der Waals surface area (Å²) in [7, 11) is 1.42. The van der Waals surface area contributed by atoms with Crippen molar-refractivity contribution >= 4 is 0 Å². The molecule has 0 aliphatic rings. The molecule has 44 valence electrons. The van der Waals surface area contributed by atoms with Crippen molar-refractivity contribution in [2.24, 2.45) is 0 Å². The smallest absolute Gasteiger partial charge is 0.192 e. The maximum absolute atomic E-state index is 8.32.